The Morgan fingerprint density at radius 3 is 2.50 bits per heavy atom. The van der Waals surface area contributed by atoms with Crippen LogP contribution in [0.15, 0.2) is 30.3 Å². The molecule has 2 heteroatoms. The quantitative estimate of drug-likeness (QED) is 0.629. The molecule has 2 fully saturated rings. The first-order valence-electron chi connectivity index (χ1n) is 4.92. The van der Waals surface area contributed by atoms with Crippen molar-refractivity contribution in [2.75, 3.05) is 6.61 Å². The SMILES string of the molecule is CC12COC(=O)C1(c1ccccc1)C2. The van der Waals surface area contributed by atoms with Crippen LogP contribution < -0.4 is 0 Å². The maximum Gasteiger partial charge on any atom is 0.317 e. The third-order valence-corrected chi connectivity index (χ3v) is 3.70. The molecule has 2 aliphatic rings. The number of cyclic esters (lactones) is 1. The molecule has 2 atom stereocenters. The summed E-state index contributed by atoms with van der Waals surface area (Å²) >= 11 is 0. The van der Waals surface area contributed by atoms with Crippen molar-refractivity contribution in [2.45, 2.75) is 18.8 Å². The summed E-state index contributed by atoms with van der Waals surface area (Å²) in [7, 11) is 0. The highest BCUT2D eigenvalue weighted by atomic mass is 16.5. The lowest BCUT2D eigenvalue weighted by Gasteiger charge is -2.10. The molecular formula is C12H12O2. The molecule has 0 bridgehead atoms. The molecule has 0 amide bonds. The highest BCUT2D eigenvalue weighted by Crippen LogP contribution is 2.68. The van der Waals surface area contributed by atoms with Crippen molar-refractivity contribution in [1.82, 2.24) is 0 Å². The summed E-state index contributed by atoms with van der Waals surface area (Å²) in [6, 6.07) is 9.98. The minimum Gasteiger partial charge on any atom is -0.464 e. The van der Waals surface area contributed by atoms with Crippen LogP contribution in [-0.2, 0) is 14.9 Å². The number of carbonyl (C=O) groups excluding carboxylic acids is 1. The standard InChI is InChI=1S/C12H12O2/c1-11-7-12(11,10(13)14-8-11)9-5-3-2-4-6-9/h2-6H,7-8H2,1H3. The molecule has 72 valence electrons. The van der Waals surface area contributed by atoms with Gasteiger partial charge in [-0.15, -0.1) is 0 Å². The van der Waals surface area contributed by atoms with Gasteiger partial charge in [0.25, 0.3) is 0 Å². The highest BCUT2D eigenvalue weighted by Gasteiger charge is 2.75. The fourth-order valence-electron chi connectivity index (χ4n) is 2.67. The first-order chi connectivity index (χ1) is 6.69. The van der Waals surface area contributed by atoms with Crippen LogP contribution in [0, 0.1) is 5.41 Å². The van der Waals surface area contributed by atoms with Crippen LogP contribution in [0.1, 0.15) is 18.9 Å². The summed E-state index contributed by atoms with van der Waals surface area (Å²) in [4.78, 5) is 11.7. The second-order valence-electron chi connectivity index (χ2n) is 4.58. The molecule has 1 aliphatic heterocycles. The molecule has 1 aromatic rings. The van der Waals surface area contributed by atoms with E-state index >= 15 is 0 Å². The molecule has 0 spiro atoms. The number of carbonyl (C=O) groups is 1. The van der Waals surface area contributed by atoms with E-state index < -0.39 is 0 Å². The predicted octanol–water partition coefficient (Wildman–Crippen LogP) is 1.89. The van der Waals surface area contributed by atoms with E-state index in [0.717, 1.165) is 12.0 Å². The van der Waals surface area contributed by atoms with E-state index in [1.165, 1.54) is 0 Å². The van der Waals surface area contributed by atoms with Crippen LogP contribution in [0.25, 0.3) is 0 Å². The Morgan fingerprint density at radius 1 is 1.29 bits per heavy atom. The molecule has 2 unspecified atom stereocenters. The Balaban J connectivity index is 2.12. The Labute approximate surface area is 82.9 Å². The lowest BCUT2D eigenvalue weighted by atomic mass is 9.89. The largest absolute Gasteiger partial charge is 0.464 e. The first kappa shape index (κ1) is 8.04. The Morgan fingerprint density at radius 2 is 2.00 bits per heavy atom. The molecule has 14 heavy (non-hydrogen) atoms. The van der Waals surface area contributed by atoms with Gasteiger partial charge in [-0.05, 0) is 12.0 Å². The topological polar surface area (TPSA) is 26.3 Å². The summed E-state index contributed by atoms with van der Waals surface area (Å²) in [5.74, 6) is -0.0359. The lowest BCUT2D eigenvalue weighted by Crippen LogP contribution is -2.20. The summed E-state index contributed by atoms with van der Waals surface area (Å²) in [6.45, 7) is 2.71. The van der Waals surface area contributed by atoms with Crippen LogP contribution in [0.5, 0.6) is 0 Å². The first-order valence-corrected chi connectivity index (χ1v) is 4.92. The van der Waals surface area contributed by atoms with Crippen LogP contribution >= 0.6 is 0 Å². The smallest absolute Gasteiger partial charge is 0.317 e. The maximum absolute atomic E-state index is 11.7. The number of fused-ring (bicyclic) bond motifs is 1. The van der Waals surface area contributed by atoms with Crippen molar-refractivity contribution in [1.29, 1.82) is 0 Å². The molecule has 1 saturated heterocycles. The minimum absolute atomic E-state index is 0.0359. The van der Waals surface area contributed by atoms with Gasteiger partial charge in [-0.1, -0.05) is 37.3 Å². The molecule has 0 radical (unpaired) electrons. The van der Waals surface area contributed by atoms with Gasteiger partial charge in [0.15, 0.2) is 0 Å². The predicted molar refractivity (Wildman–Crippen MR) is 51.8 cm³/mol. The average Bonchev–Trinajstić information content (AvgIpc) is 2.77. The van der Waals surface area contributed by atoms with E-state index in [-0.39, 0.29) is 16.8 Å². The second kappa shape index (κ2) is 2.19. The van der Waals surface area contributed by atoms with E-state index in [1.807, 2.05) is 30.3 Å². The lowest BCUT2D eigenvalue weighted by molar-refractivity contribution is -0.142. The molecule has 1 heterocycles. The van der Waals surface area contributed by atoms with Gasteiger partial charge in [0.1, 0.15) is 5.41 Å². The molecule has 0 aromatic heterocycles. The van der Waals surface area contributed by atoms with E-state index in [4.69, 9.17) is 4.74 Å². The van der Waals surface area contributed by atoms with Gasteiger partial charge < -0.3 is 4.74 Å². The summed E-state index contributed by atoms with van der Waals surface area (Å²) in [6.07, 6.45) is 0.947. The third-order valence-electron chi connectivity index (χ3n) is 3.70. The third kappa shape index (κ3) is 0.707. The fraction of sp³-hybridized carbons (Fsp3) is 0.417. The van der Waals surface area contributed by atoms with Crippen molar-refractivity contribution >= 4 is 5.97 Å². The van der Waals surface area contributed by atoms with Gasteiger partial charge in [0, 0.05) is 5.41 Å². The minimum atomic E-state index is -0.311. The van der Waals surface area contributed by atoms with E-state index in [1.54, 1.807) is 0 Å². The number of ether oxygens (including phenoxy) is 1. The second-order valence-corrected chi connectivity index (χ2v) is 4.58. The van der Waals surface area contributed by atoms with Crippen molar-refractivity contribution in [3.05, 3.63) is 35.9 Å². The van der Waals surface area contributed by atoms with E-state index in [0.29, 0.717) is 6.61 Å². The fourth-order valence-corrected chi connectivity index (χ4v) is 2.67. The molecule has 2 nitrogen and oxygen atoms in total. The Bertz CT molecular complexity index is 398. The summed E-state index contributed by atoms with van der Waals surface area (Å²) in [5.41, 5.74) is 0.865. The number of esters is 1. The van der Waals surface area contributed by atoms with Crippen molar-refractivity contribution in [3.63, 3.8) is 0 Å². The number of benzene rings is 1. The Kier molecular flexibility index (Phi) is 1.26. The zero-order valence-corrected chi connectivity index (χ0v) is 8.12. The van der Waals surface area contributed by atoms with Crippen molar-refractivity contribution in [3.8, 4) is 0 Å². The molecule has 1 aliphatic carbocycles. The number of hydrogen-bond acceptors (Lipinski definition) is 2. The van der Waals surface area contributed by atoms with Crippen LogP contribution in [0.2, 0.25) is 0 Å². The zero-order valence-electron chi connectivity index (χ0n) is 8.12. The van der Waals surface area contributed by atoms with Crippen LogP contribution in [0.3, 0.4) is 0 Å². The molecular weight excluding hydrogens is 176 g/mol. The average molecular weight is 188 g/mol. The van der Waals surface area contributed by atoms with Crippen LogP contribution in [-0.4, -0.2) is 12.6 Å². The van der Waals surface area contributed by atoms with Gasteiger partial charge in [-0.2, -0.15) is 0 Å². The van der Waals surface area contributed by atoms with Gasteiger partial charge in [0.2, 0.25) is 0 Å². The van der Waals surface area contributed by atoms with E-state index in [9.17, 15) is 4.79 Å². The van der Waals surface area contributed by atoms with Crippen molar-refractivity contribution < 1.29 is 9.53 Å². The van der Waals surface area contributed by atoms with Gasteiger partial charge in [0.05, 0.1) is 6.61 Å². The maximum atomic E-state index is 11.7. The van der Waals surface area contributed by atoms with Crippen molar-refractivity contribution in [2.24, 2.45) is 5.41 Å². The van der Waals surface area contributed by atoms with Gasteiger partial charge in [-0.3, -0.25) is 4.79 Å². The van der Waals surface area contributed by atoms with Gasteiger partial charge >= 0.3 is 5.97 Å². The molecule has 1 aromatic carbocycles. The zero-order chi connectivity index (χ0) is 9.81. The number of rotatable bonds is 1. The molecule has 3 rings (SSSR count). The molecule has 1 saturated carbocycles. The van der Waals surface area contributed by atoms with Crippen LogP contribution in [0.4, 0.5) is 0 Å². The summed E-state index contributed by atoms with van der Waals surface area (Å²) in [5, 5.41) is 0. The van der Waals surface area contributed by atoms with E-state index in [2.05, 4.69) is 6.92 Å². The highest BCUT2D eigenvalue weighted by molar-refractivity contribution is 5.91. The number of hydrogen-bond donors (Lipinski definition) is 0. The normalized spacial score (nSPS) is 39.1. The molecule has 0 N–H and O–H groups in total. The summed E-state index contributed by atoms with van der Waals surface area (Å²) < 4.78 is 5.14. The Hall–Kier alpha value is -1.31. The monoisotopic (exact) mass is 188 g/mol. The van der Waals surface area contributed by atoms with Gasteiger partial charge in [-0.25, -0.2) is 0 Å².